The van der Waals surface area contributed by atoms with Crippen LogP contribution in [0.25, 0.3) is 0 Å². The molecule has 1 saturated heterocycles. The summed E-state index contributed by atoms with van der Waals surface area (Å²) < 4.78 is 46.5. The minimum Gasteiger partial charge on any atom is -0.425 e. The molecule has 0 saturated carbocycles. The van der Waals surface area contributed by atoms with Crippen molar-refractivity contribution < 1.29 is 17.2 Å². The van der Waals surface area contributed by atoms with Gasteiger partial charge in [-0.15, -0.1) is 10.2 Å². The molecular weight excluding hydrogens is 405 g/mol. The first-order valence-corrected chi connectivity index (χ1v) is 11.6. The summed E-state index contributed by atoms with van der Waals surface area (Å²) in [6.07, 6.45) is 2.79. The zero-order chi connectivity index (χ0) is 21.1. The number of sulfonamides is 1. The van der Waals surface area contributed by atoms with Crippen LogP contribution in [0.2, 0.25) is 0 Å². The van der Waals surface area contributed by atoms with Crippen molar-refractivity contribution in [3.8, 4) is 0 Å². The van der Waals surface area contributed by atoms with Crippen molar-refractivity contribution in [3.05, 3.63) is 77.3 Å². The van der Waals surface area contributed by atoms with Crippen LogP contribution in [-0.4, -0.2) is 36.0 Å². The van der Waals surface area contributed by atoms with E-state index in [4.69, 9.17) is 4.42 Å². The lowest BCUT2D eigenvalue weighted by Gasteiger charge is -2.30. The lowest BCUT2D eigenvalue weighted by molar-refractivity contribution is 0.281. The number of nitrogens with zero attached hydrogens (tertiary/aromatic N) is 3. The van der Waals surface area contributed by atoms with Gasteiger partial charge >= 0.3 is 0 Å². The number of hydrogen-bond donors (Lipinski definition) is 0. The van der Waals surface area contributed by atoms with Crippen LogP contribution in [0, 0.1) is 5.82 Å². The van der Waals surface area contributed by atoms with Crippen LogP contribution in [0.3, 0.4) is 0 Å². The van der Waals surface area contributed by atoms with Crippen LogP contribution in [0.15, 0.2) is 57.8 Å². The molecule has 0 N–H and O–H groups in total. The second kappa shape index (κ2) is 8.65. The smallest absolute Gasteiger partial charge is 0.243 e. The molecule has 1 unspecified atom stereocenters. The van der Waals surface area contributed by atoms with Crippen LogP contribution in [0.4, 0.5) is 4.39 Å². The molecule has 1 aliphatic heterocycles. The van der Waals surface area contributed by atoms with Crippen molar-refractivity contribution in [1.29, 1.82) is 0 Å². The van der Waals surface area contributed by atoms with Crippen molar-refractivity contribution in [3.63, 3.8) is 0 Å². The monoisotopic (exact) mass is 429 g/mol. The highest BCUT2D eigenvalue weighted by Crippen LogP contribution is 2.30. The molecule has 2 aromatic carbocycles. The zero-order valence-electron chi connectivity index (χ0n) is 16.8. The Morgan fingerprint density at radius 3 is 2.47 bits per heavy atom. The van der Waals surface area contributed by atoms with Crippen LogP contribution >= 0.6 is 0 Å². The van der Waals surface area contributed by atoms with Crippen LogP contribution in [-0.2, 0) is 22.9 Å². The quantitative estimate of drug-likeness (QED) is 0.593. The molecule has 30 heavy (non-hydrogen) atoms. The van der Waals surface area contributed by atoms with E-state index in [0.717, 1.165) is 30.4 Å². The van der Waals surface area contributed by atoms with Gasteiger partial charge in [-0.25, -0.2) is 12.8 Å². The maximum absolute atomic E-state index is 13.1. The van der Waals surface area contributed by atoms with E-state index in [-0.39, 0.29) is 11.7 Å². The lowest BCUT2D eigenvalue weighted by Crippen LogP contribution is -2.39. The minimum absolute atomic E-state index is 0.141. The van der Waals surface area contributed by atoms with Crippen molar-refractivity contribution in [1.82, 2.24) is 14.5 Å². The first-order chi connectivity index (χ1) is 14.5. The number of halogens is 1. The van der Waals surface area contributed by atoms with E-state index in [2.05, 4.69) is 10.2 Å². The Morgan fingerprint density at radius 2 is 1.77 bits per heavy atom. The molecule has 4 rings (SSSR count). The topological polar surface area (TPSA) is 76.3 Å². The number of piperidine rings is 1. The van der Waals surface area contributed by atoms with Gasteiger partial charge in [-0.2, -0.15) is 4.31 Å². The van der Waals surface area contributed by atoms with E-state index >= 15 is 0 Å². The Hall–Kier alpha value is -2.58. The normalized spacial score (nSPS) is 17.9. The number of aromatic nitrogens is 2. The molecule has 1 aromatic heterocycles. The van der Waals surface area contributed by atoms with Gasteiger partial charge in [0.15, 0.2) is 0 Å². The van der Waals surface area contributed by atoms with Gasteiger partial charge in [0.2, 0.25) is 21.8 Å². The van der Waals surface area contributed by atoms with Crippen LogP contribution in [0.5, 0.6) is 0 Å². The van der Waals surface area contributed by atoms with Crippen molar-refractivity contribution in [2.75, 3.05) is 13.1 Å². The molecule has 8 heteroatoms. The molecule has 0 aliphatic carbocycles. The SMILES string of the molecule is CCc1ccc(S(=O)(=O)N2CCCC(c3nnc(Cc4ccc(F)cc4)o3)C2)cc1. The highest BCUT2D eigenvalue weighted by atomic mass is 32.2. The second-order valence-corrected chi connectivity index (χ2v) is 9.47. The van der Waals surface area contributed by atoms with Gasteiger partial charge in [0, 0.05) is 13.1 Å². The fraction of sp³-hybridized carbons (Fsp3) is 0.364. The predicted octanol–water partition coefficient (Wildman–Crippen LogP) is 3.93. The second-order valence-electron chi connectivity index (χ2n) is 7.54. The van der Waals surface area contributed by atoms with Gasteiger partial charge in [0.05, 0.1) is 17.2 Å². The summed E-state index contributed by atoms with van der Waals surface area (Å²) in [5, 5.41) is 8.25. The number of hydrogen-bond acceptors (Lipinski definition) is 5. The van der Waals surface area contributed by atoms with Gasteiger partial charge in [0.1, 0.15) is 5.82 Å². The Balaban J connectivity index is 1.47. The molecule has 1 aliphatic rings. The van der Waals surface area contributed by atoms with E-state index in [1.807, 2.05) is 19.1 Å². The first kappa shape index (κ1) is 20.7. The molecular formula is C22H24FN3O3S. The van der Waals surface area contributed by atoms with Crippen LogP contribution in [0.1, 0.15) is 48.6 Å². The predicted molar refractivity (Wildman–Crippen MR) is 110 cm³/mol. The number of benzene rings is 2. The Bertz CT molecular complexity index is 1100. The summed E-state index contributed by atoms with van der Waals surface area (Å²) in [7, 11) is -3.57. The van der Waals surface area contributed by atoms with E-state index in [9.17, 15) is 12.8 Å². The Morgan fingerprint density at radius 1 is 1.07 bits per heavy atom. The maximum atomic E-state index is 13.1. The third-order valence-corrected chi connectivity index (χ3v) is 7.33. The average molecular weight is 430 g/mol. The first-order valence-electron chi connectivity index (χ1n) is 10.1. The lowest BCUT2D eigenvalue weighted by atomic mass is 10.00. The Labute approximate surface area is 175 Å². The summed E-state index contributed by atoms with van der Waals surface area (Å²) in [4.78, 5) is 0.308. The van der Waals surface area contributed by atoms with E-state index < -0.39 is 10.0 Å². The van der Waals surface area contributed by atoms with Gasteiger partial charge in [-0.05, 0) is 54.7 Å². The molecule has 1 fully saturated rings. The summed E-state index contributed by atoms with van der Waals surface area (Å²) in [5.41, 5.74) is 1.97. The van der Waals surface area contributed by atoms with Crippen molar-refractivity contribution >= 4 is 10.0 Å². The van der Waals surface area contributed by atoms with Gasteiger partial charge in [0.25, 0.3) is 0 Å². The zero-order valence-corrected chi connectivity index (χ0v) is 17.6. The van der Waals surface area contributed by atoms with E-state index in [0.29, 0.717) is 36.2 Å². The molecule has 2 heterocycles. The van der Waals surface area contributed by atoms with Gasteiger partial charge in [-0.3, -0.25) is 0 Å². The fourth-order valence-electron chi connectivity index (χ4n) is 3.69. The molecule has 6 nitrogen and oxygen atoms in total. The molecule has 0 radical (unpaired) electrons. The molecule has 158 valence electrons. The largest absolute Gasteiger partial charge is 0.425 e. The summed E-state index contributed by atoms with van der Waals surface area (Å²) in [5.74, 6) is 0.454. The number of rotatable bonds is 6. The fourth-order valence-corrected chi connectivity index (χ4v) is 5.21. The minimum atomic E-state index is -3.57. The summed E-state index contributed by atoms with van der Waals surface area (Å²) in [6.45, 7) is 2.83. The highest BCUT2D eigenvalue weighted by Gasteiger charge is 2.33. The number of aryl methyl sites for hydroxylation is 1. The van der Waals surface area contributed by atoms with Gasteiger partial charge in [-0.1, -0.05) is 31.2 Å². The van der Waals surface area contributed by atoms with E-state index in [1.54, 1.807) is 24.3 Å². The molecule has 0 spiro atoms. The third kappa shape index (κ3) is 4.44. The highest BCUT2D eigenvalue weighted by molar-refractivity contribution is 7.89. The third-order valence-electron chi connectivity index (χ3n) is 5.45. The summed E-state index contributed by atoms with van der Waals surface area (Å²) >= 11 is 0. The van der Waals surface area contributed by atoms with Crippen LogP contribution < -0.4 is 0 Å². The van der Waals surface area contributed by atoms with E-state index in [1.165, 1.54) is 16.4 Å². The maximum Gasteiger partial charge on any atom is 0.243 e. The van der Waals surface area contributed by atoms with Crippen molar-refractivity contribution in [2.24, 2.45) is 0 Å². The molecule has 1 atom stereocenters. The van der Waals surface area contributed by atoms with Crippen molar-refractivity contribution in [2.45, 2.75) is 43.4 Å². The van der Waals surface area contributed by atoms with Gasteiger partial charge < -0.3 is 4.42 Å². The molecule has 0 bridgehead atoms. The Kier molecular flexibility index (Phi) is 5.97. The standard InChI is InChI=1S/C22H24FN3O3S/c1-2-16-7-11-20(12-8-16)30(27,28)26-13-3-4-18(15-26)22-25-24-21(29-22)14-17-5-9-19(23)10-6-17/h5-12,18H,2-4,13-15H2,1H3. The molecule has 3 aromatic rings. The molecule has 0 amide bonds. The summed E-state index contributed by atoms with van der Waals surface area (Å²) in [6, 6.07) is 13.2. The average Bonchev–Trinajstić information content (AvgIpc) is 3.24.